The van der Waals surface area contributed by atoms with E-state index < -0.39 is 0 Å². The Bertz CT molecular complexity index is 257. The van der Waals surface area contributed by atoms with E-state index in [2.05, 4.69) is 42.0 Å². The minimum absolute atomic E-state index is 0.0135. The molecule has 2 atom stereocenters. The molecular weight excluding hydrogens is 224 g/mol. The summed E-state index contributed by atoms with van der Waals surface area (Å²) in [5.74, 6) is 0. The Morgan fingerprint density at radius 3 is 2.67 bits per heavy atom. The fourth-order valence-electron chi connectivity index (χ4n) is 2.74. The Labute approximate surface area is 112 Å². The van der Waals surface area contributed by atoms with Crippen molar-refractivity contribution in [2.75, 3.05) is 39.3 Å². The van der Waals surface area contributed by atoms with Crippen LogP contribution in [-0.2, 0) is 0 Å². The first-order valence-electron chi connectivity index (χ1n) is 7.34. The Kier molecular flexibility index (Phi) is 7.26. The van der Waals surface area contributed by atoms with Gasteiger partial charge in [0.2, 0.25) is 0 Å². The Balaban J connectivity index is 2.35. The van der Waals surface area contributed by atoms with E-state index in [0.29, 0.717) is 6.04 Å². The molecule has 18 heavy (non-hydrogen) atoms. The van der Waals surface area contributed by atoms with Crippen LogP contribution < -0.4 is 5.32 Å². The van der Waals surface area contributed by atoms with Crippen LogP contribution in [0.15, 0.2) is 0 Å². The summed E-state index contributed by atoms with van der Waals surface area (Å²) in [7, 11) is 0. The van der Waals surface area contributed by atoms with Gasteiger partial charge in [-0.15, -0.1) is 0 Å². The largest absolute Gasteiger partial charge is 0.301 e. The Morgan fingerprint density at radius 1 is 1.39 bits per heavy atom. The Hall–Kier alpha value is -0.630. The van der Waals surface area contributed by atoms with Gasteiger partial charge in [0.25, 0.3) is 0 Å². The molecule has 0 spiro atoms. The zero-order valence-corrected chi connectivity index (χ0v) is 12.2. The zero-order chi connectivity index (χ0) is 13.4. The van der Waals surface area contributed by atoms with Crippen molar-refractivity contribution >= 4 is 0 Å². The fourth-order valence-corrected chi connectivity index (χ4v) is 2.74. The molecule has 0 saturated carbocycles. The van der Waals surface area contributed by atoms with Crippen molar-refractivity contribution in [3.63, 3.8) is 0 Å². The third-order valence-electron chi connectivity index (χ3n) is 3.81. The van der Waals surface area contributed by atoms with Gasteiger partial charge in [-0.2, -0.15) is 5.26 Å². The van der Waals surface area contributed by atoms with Crippen LogP contribution in [0.2, 0.25) is 0 Å². The van der Waals surface area contributed by atoms with Gasteiger partial charge in [0.1, 0.15) is 6.04 Å². The zero-order valence-electron chi connectivity index (χ0n) is 12.2. The molecule has 0 aromatic rings. The highest BCUT2D eigenvalue weighted by molar-refractivity contribution is 4.94. The van der Waals surface area contributed by atoms with E-state index in [4.69, 9.17) is 5.26 Å². The highest BCUT2D eigenvalue weighted by Gasteiger charge is 2.27. The minimum atomic E-state index is -0.0135. The van der Waals surface area contributed by atoms with Crippen LogP contribution in [0, 0.1) is 11.3 Å². The molecule has 1 aliphatic heterocycles. The summed E-state index contributed by atoms with van der Waals surface area (Å²) in [5.41, 5.74) is 0. The SMILES string of the molecule is CCCNC(C#N)CN1CCC(N(CC)CC)C1. The van der Waals surface area contributed by atoms with Crippen LogP contribution in [0.5, 0.6) is 0 Å². The van der Waals surface area contributed by atoms with Crippen molar-refractivity contribution in [3.8, 4) is 6.07 Å². The normalized spacial score (nSPS) is 22.3. The Morgan fingerprint density at radius 2 is 2.11 bits per heavy atom. The first kappa shape index (κ1) is 15.4. The molecular formula is C14H28N4. The van der Waals surface area contributed by atoms with E-state index in [1.807, 2.05) is 0 Å². The molecule has 4 heteroatoms. The monoisotopic (exact) mass is 252 g/mol. The molecule has 1 saturated heterocycles. The number of nitrogens with zero attached hydrogens (tertiary/aromatic N) is 3. The van der Waals surface area contributed by atoms with Gasteiger partial charge >= 0.3 is 0 Å². The molecule has 1 N–H and O–H groups in total. The predicted octanol–water partition coefficient (Wildman–Crippen LogP) is 1.29. The molecule has 0 aliphatic carbocycles. The van der Waals surface area contributed by atoms with E-state index in [0.717, 1.165) is 45.7 Å². The van der Waals surface area contributed by atoms with Crippen LogP contribution in [0.4, 0.5) is 0 Å². The number of likely N-dealkylation sites (N-methyl/N-ethyl adjacent to an activating group) is 1. The van der Waals surface area contributed by atoms with E-state index >= 15 is 0 Å². The van der Waals surface area contributed by atoms with Gasteiger partial charge < -0.3 is 5.32 Å². The summed E-state index contributed by atoms with van der Waals surface area (Å²) in [5, 5.41) is 12.4. The summed E-state index contributed by atoms with van der Waals surface area (Å²) in [6, 6.07) is 3.04. The van der Waals surface area contributed by atoms with Gasteiger partial charge in [-0.3, -0.25) is 9.80 Å². The summed E-state index contributed by atoms with van der Waals surface area (Å²) in [6.07, 6.45) is 2.33. The first-order valence-corrected chi connectivity index (χ1v) is 7.34. The molecule has 104 valence electrons. The number of nitrogens with one attached hydrogen (secondary N) is 1. The van der Waals surface area contributed by atoms with E-state index in [9.17, 15) is 0 Å². The fraction of sp³-hybridized carbons (Fsp3) is 0.929. The number of likely N-dealkylation sites (tertiary alicyclic amines) is 1. The van der Waals surface area contributed by atoms with Crippen molar-refractivity contribution in [3.05, 3.63) is 0 Å². The maximum atomic E-state index is 9.13. The highest BCUT2D eigenvalue weighted by atomic mass is 15.3. The third kappa shape index (κ3) is 4.56. The van der Waals surface area contributed by atoms with Crippen LogP contribution in [0.1, 0.15) is 33.6 Å². The predicted molar refractivity (Wildman–Crippen MR) is 75.5 cm³/mol. The average molecular weight is 252 g/mol. The number of rotatable bonds is 8. The summed E-state index contributed by atoms with van der Waals surface area (Å²) < 4.78 is 0. The lowest BCUT2D eigenvalue weighted by molar-refractivity contribution is 0.208. The first-order chi connectivity index (χ1) is 8.74. The van der Waals surface area contributed by atoms with Crippen molar-refractivity contribution in [1.82, 2.24) is 15.1 Å². The second-order valence-electron chi connectivity index (χ2n) is 5.06. The molecule has 1 fully saturated rings. The van der Waals surface area contributed by atoms with E-state index in [1.165, 1.54) is 6.42 Å². The maximum Gasteiger partial charge on any atom is 0.108 e. The molecule has 1 rings (SSSR count). The lowest BCUT2D eigenvalue weighted by atomic mass is 10.2. The highest BCUT2D eigenvalue weighted by Crippen LogP contribution is 2.15. The molecule has 0 amide bonds. The van der Waals surface area contributed by atoms with Crippen LogP contribution in [0.3, 0.4) is 0 Å². The second-order valence-corrected chi connectivity index (χ2v) is 5.06. The van der Waals surface area contributed by atoms with Crippen molar-refractivity contribution in [2.24, 2.45) is 0 Å². The molecule has 0 radical (unpaired) electrons. The number of hydrogen-bond donors (Lipinski definition) is 1. The maximum absolute atomic E-state index is 9.13. The molecule has 4 nitrogen and oxygen atoms in total. The summed E-state index contributed by atoms with van der Waals surface area (Å²) in [6.45, 7) is 12.9. The van der Waals surface area contributed by atoms with Crippen LogP contribution in [-0.4, -0.2) is 61.2 Å². The number of nitriles is 1. The third-order valence-corrected chi connectivity index (χ3v) is 3.81. The topological polar surface area (TPSA) is 42.3 Å². The van der Waals surface area contributed by atoms with E-state index in [1.54, 1.807) is 0 Å². The van der Waals surface area contributed by atoms with Gasteiger partial charge in [0.05, 0.1) is 6.07 Å². The summed E-state index contributed by atoms with van der Waals surface area (Å²) >= 11 is 0. The lowest BCUT2D eigenvalue weighted by Crippen LogP contribution is -2.42. The standard InChI is InChI=1S/C14H28N4/c1-4-8-16-13(10-15)11-17-9-7-14(12-17)18(5-2)6-3/h13-14,16H,4-9,11-12H2,1-3H3. The molecule has 2 unspecified atom stereocenters. The van der Waals surface area contributed by atoms with Gasteiger partial charge in [0, 0.05) is 19.1 Å². The average Bonchev–Trinajstić information content (AvgIpc) is 2.84. The quantitative estimate of drug-likeness (QED) is 0.707. The molecule has 1 aliphatic rings. The molecule has 0 aromatic heterocycles. The van der Waals surface area contributed by atoms with Crippen molar-refractivity contribution < 1.29 is 0 Å². The lowest BCUT2D eigenvalue weighted by Gasteiger charge is -2.26. The van der Waals surface area contributed by atoms with Crippen LogP contribution in [0.25, 0.3) is 0 Å². The van der Waals surface area contributed by atoms with E-state index in [-0.39, 0.29) is 6.04 Å². The van der Waals surface area contributed by atoms with Gasteiger partial charge in [-0.1, -0.05) is 20.8 Å². The smallest absolute Gasteiger partial charge is 0.108 e. The van der Waals surface area contributed by atoms with Crippen molar-refractivity contribution in [1.29, 1.82) is 5.26 Å². The van der Waals surface area contributed by atoms with Gasteiger partial charge in [0.15, 0.2) is 0 Å². The van der Waals surface area contributed by atoms with Crippen molar-refractivity contribution in [2.45, 2.75) is 45.7 Å². The van der Waals surface area contributed by atoms with Gasteiger partial charge in [-0.25, -0.2) is 0 Å². The number of hydrogen-bond acceptors (Lipinski definition) is 4. The van der Waals surface area contributed by atoms with Crippen LogP contribution >= 0.6 is 0 Å². The molecule has 1 heterocycles. The molecule has 0 aromatic carbocycles. The van der Waals surface area contributed by atoms with Gasteiger partial charge in [-0.05, 0) is 39.0 Å². The summed E-state index contributed by atoms with van der Waals surface area (Å²) in [4.78, 5) is 4.96. The molecule has 0 bridgehead atoms. The minimum Gasteiger partial charge on any atom is -0.301 e. The second kappa shape index (κ2) is 8.47.